The van der Waals surface area contributed by atoms with Crippen LogP contribution in [0.25, 0.3) is 0 Å². The smallest absolute Gasteiger partial charge is 0.255 e. The van der Waals surface area contributed by atoms with Crippen LogP contribution in [0.2, 0.25) is 0 Å². The molecule has 2 aliphatic rings. The summed E-state index contributed by atoms with van der Waals surface area (Å²) in [5, 5.41) is 10.5. The molecular weight excluding hydrogens is 306 g/mol. The molecule has 24 heavy (non-hydrogen) atoms. The molecule has 7 heteroatoms. The van der Waals surface area contributed by atoms with Gasteiger partial charge in [-0.3, -0.25) is 14.5 Å². The van der Waals surface area contributed by atoms with Crippen molar-refractivity contribution in [2.45, 2.75) is 32.2 Å². The van der Waals surface area contributed by atoms with Crippen LogP contribution < -0.4 is 5.32 Å². The minimum atomic E-state index is -0.463. The number of hydrogen-bond acceptors (Lipinski definition) is 5. The SMILES string of the molecule is CC(C)CN1CCNC(=O)C12CCN(C(=O)c1ccnnc1)CC2. The fourth-order valence-corrected chi connectivity index (χ4v) is 3.76. The molecule has 7 nitrogen and oxygen atoms in total. The average Bonchev–Trinajstić information content (AvgIpc) is 2.59. The zero-order valence-electron chi connectivity index (χ0n) is 14.4. The second-order valence-corrected chi connectivity index (χ2v) is 7.05. The van der Waals surface area contributed by atoms with Crippen LogP contribution in [0.3, 0.4) is 0 Å². The van der Waals surface area contributed by atoms with Crippen molar-refractivity contribution in [1.29, 1.82) is 0 Å². The van der Waals surface area contributed by atoms with Crippen molar-refractivity contribution in [2.24, 2.45) is 5.92 Å². The monoisotopic (exact) mass is 331 g/mol. The van der Waals surface area contributed by atoms with Crippen LogP contribution in [0.15, 0.2) is 18.5 Å². The van der Waals surface area contributed by atoms with Gasteiger partial charge in [-0.1, -0.05) is 13.8 Å². The number of rotatable bonds is 3. The van der Waals surface area contributed by atoms with Gasteiger partial charge < -0.3 is 10.2 Å². The van der Waals surface area contributed by atoms with E-state index in [0.29, 0.717) is 44.0 Å². The van der Waals surface area contributed by atoms with E-state index < -0.39 is 5.54 Å². The Kier molecular flexibility index (Phi) is 4.80. The zero-order valence-corrected chi connectivity index (χ0v) is 14.4. The number of amides is 2. The lowest BCUT2D eigenvalue weighted by Crippen LogP contribution is -2.68. The number of aromatic nitrogens is 2. The zero-order chi connectivity index (χ0) is 17.2. The molecule has 3 heterocycles. The van der Waals surface area contributed by atoms with Crippen LogP contribution in [0.4, 0.5) is 0 Å². The van der Waals surface area contributed by atoms with E-state index in [-0.39, 0.29) is 11.8 Å². The summed E-state index contributed by atoms with van der Waals surface area (Å²) in [5.41, 5.74) is 0.0866. The summed E-state index contributed by atoms with van der Waals surface area (Å²) in [7, 11) is 0. The van der Waals surface area contributed by atoms with Gasteiger partial charge in [-0.2, -0.15) is 10.2 Å². The van der Waals surface area contributed by atoms with E-state index in [0.717, 1.165) is 13.1 Å². The minimum Gasteiger partial charge on any atom is -0.353 e. The lowest BCUT2D eigenvalue weighted by atomic mass is 9.82. The molecular formula is C17H25N5O2. The molecule has 0 aromatic carbocycles. The normalized spacial score (nSPS) is 21.1. The predicted octanol–water partition coefficient (Wildman–Crippen LogP) is 0.539. The molecule has 0 radical (unpaired) electrons. The van der Waals surface area contributed by atoms with Crippen molar-refractivity contribution in [3.63, 3.8) is 0 Å². The third-order valence-corrected chi connectivity index (χ3v) is 4.99. The minimum absolute atomic E-state index is 0.0358. The van der Waals surface area contributed by atoms with Crippen molar-refractivity contribution >= 4 is 11.8 Å². The third-order valence-electron chi connectivity index (χ3n) is 4.99. The van der Waals surface area contributed by atoms with Gasteiger partial charge in [0.05, 0.1) is 18.0 Å². The van der Waals surface area contributed by atoms with Crippen molar-refractivity contribution in [2.75, 3.05) is 32.7 Å². The number of piperidine rings is 1. The summed E-state index contributed by atoms with van der Waals surface area (Å²) in [6, 6.07) is 1.68. The van der Waals surface area contributed by atoms with Gasteiger partial charge in [-0.05, 0) is 24.8 Å². The van der Waals surface area contributed by atoms with Crippen LogP contribution in [0.5, 0.6) is 0 Å². The maximum Gasteiger partial charge on any atom is 0.255 e. The molecule has 130 valence electrons. The number of nitrogens with zero attached hydrogens (tertiary/aromatic N) is 4. The van der Waals surface area contributed by atoms with Crippen molar-refractivity contribution in [3.05, 3.63) is 24.0 Å². The Balaban J connectivity index is 1.72. The summed E-state index contributed by atoms with van der Waals surface area (Å²) in [6.45, 7) is 8.03. The van der Waals surface area contributed by atoms with Gasteiger partial charge in [0.15, 0.2) is 0 Å². The third kappa shape index (κ3) is 3.13. The number of likely N-dealkylation sites (tertiary alicyclic amines) is 1. The summed E-state index contributed by atoms with van der Waals surface area (Å²) in [6.07, 6.45) is 4.37. The van der Waals surface area contributed by atoms with Gasteiger partial charge >= 0.3 is 0 Å². The lowest BCUT2D eigenvalue weighted by molar-refractivity contribution is -0.141. The van der Waals surface area contributed by atoms with Crippen LogP contribution >= 0.6 is 0 Å². The van der Waals surface area contributed by atoms with Crippen molar-refractivity contribution in [1.82, 2.24) is 25.3 Å². The summed E-state index contributed by atoms with van der Waals surface area (Å²) >= 11 is 0. The molecule has 2 saturated heterocycles. The Morgan fingerprint density at radius 1 is 1.29 bits per heavy atom. The number of carbonyl (C=O) groups is 2. The average molecular weight is 331 g/mol. The maximum absolute atomic E-state index is 12.6. The highest BCUT2D eigenvalue weighted by Gasteiger charge is 2.48. The molecule has 0 atom stereocenters. The van der Waals surface area contributed by atoms with Gasteiger partial charge in [0.2, 0.25) is 5.91 Å². The summed E-state index contributed by atoms with van der Waals surface area (Å²) in [4.78, 5) is 29.3. The van der Waals surface area contributed by atoms with Gasteiger partial charge in [0, 0.05) is 32.7 Å². The Bertz CT molecular complexity index is 596. The molecule has 0 aliphatic carbocycles. The highest BCUT2D eigenvalue weighted by molar-refractivity contribution is 5.94. The second-order valence-electron chi connectivity index (χ2n) is 7.05. The molecule has 1 aromatic rings. The van der Waals surface area contributed by atoms with Crippen molar-refractivity contribution < 1.29 is 9.59 Å². The van der Waals surface area contributed by atoms with Crippen molar-refractivity contribution in [3.8, 4) is 0 Å². The highest BCUT2D eigenvalue weighted by Crippen LogP contribution is 2.32. The lowest BCUT2D eigenvalue weighted by Gasteiger charge is -2.50. The van der Waals surface area contributed by atoms with E-state index in [9.17, 15) is 9.59 Å². The fourth-order valence-electron chi connectivity index (χ4n) is 3.76. The molecule has 1 spiro atoms. The molecule has 0 unspecified atom stereocenters. The number of piperazine rings is 1. The first-order chi connectivity index (χ1) is 11.5. The molecule has 2 fully saturated rings. The molecule has 1 aromatic heterocycles. The molecule has 3 rings (SSSR count). The van der Waals surface area contributed by atoms with E-state index in [4.69, 9.17) is 0 Å². The Labute approximate surface area is 142 Å². The largest absolute Gasteiger partial charge is 0.353 e. The topological polar surface area (TPSA) is 78.4 Å². The van der Waals surface area contributed by atoms with E-state index in [1.54, 1.807) is 6.07 Å². The Morgan fingerprint density at radius 2 is 2.04 bits per heavy atom. The second kappa shape index (κ2) is 6.84. The standard InChI is InChI=1S/C17H25N5O2/c1-13(2)12-22-10-7-18-16(24)17(22)4-8-21(9-5-17)15(23)14-3-6-19-20-11-14/h3,6,11,13H,4-5,7-10,12H2,1-2H3,(H,18,24). The quantitative estimate of drug-likeness (QED) is 0.874. The van der Waals surface area contributed by atoms with Crippen LogP contribution in [0.1, 0.15) is 37.0 Å². The first-order valence-electron chi connectivity index (χ1n) is 8.62. The first kappa shape index (κ1) is 16.8. The van der Waals surface area contributed by atoms with E-state index in [1.165, 1.54) is 12.4 Å². The van der Waals surface area contributed by atoms with Gasteiger partial charge in [-0.15, -0.1) is 0 Å². The number of hydrogen-bond donors (Lipinski definition) is 1. The molecule has 2 aliphatic heterocycles. The predicted molar refractivity (Wildman–Crippen MR) is 89.3 cm³/mol. The van der Waals surface area contributed by atoms with Crippen LogP contribution in [-0.2, 0) is 4.79 Å². The molecule has 0 saturated carbocycles. The van der Waals surface area contributed by atoms with Crippen LogP contribution in [0, 0.1) is 5.92 Å². The van der Waals surface area contributed by atoms with Gasteiger partial charge in [0.1, 0.15) is 5.54 Å². The first-order valence-corrected chi connectivity index (χ1v) is 8.62. The van der Waals surface area contributed by atoms with Gasteiger partial charge in [0.25, 0.3) is 5.91 Å². The number of carbonyl (C=O) groups excluding carboxylic acids is 2. The van der Waals surface area contributed by atoms with Gasteiger partial charge in [-0.25, -0.2) is 0 Å². The Hall–Kier alpha value is -2.02. The van der Waals surface area contributed by atoms with E-state index >= 15 is 0 Å². The maximum atomic E-state index is 12.6. The summed E-state index contributed by atoms with van der Waals surface area (Å²) < 4.78 is 0. The van der Waals surface area contributed by atoms with E-state index in [1.807, 2.05) is 4.90 Å². The Morgan fingerprint density at radius 3 is 2.67 bits per heavy atom. The summed E-state index contributed by atoms with van der Waals surface area (Å²) in [5.74, 6) is 0.591. The molecule has 1 N–H and O–H groups in total. The highest BCUT2D eigenvalue weighted by atomic mass is 16.2. The molecule has 2 amide bonds. The number of nitrogens with one attached hydrogen (secondary N) is 1. The molecule has 0 bridgehead atoms. The van der Waals surface area contributed by atoms with Crippen LogP contribution in [-0.4, -0.2) is 70.1 Å². The fraction of sp³-hybridized carbons (Fsp3) is 0.647. The van der Waals surface area contributed by atoms with E-state index in [2.05, 4.69) is 34.3 Å².